The molecule has 126 valence electrons. The molecule has 24 heavy (non-hydrogen) atoms. The number of carbonyl (C=O) groups is 2. The van der Waals surface area contributed by atoms with E-state index < -0.39 is 22.9 Å². The number of benzene rings is 1. The number of nitrogens with one attached hydrogen (secondary N) is 1. The summed E-state index contributed by atoms with van der Waals surface area (Å²) in [6.45, 7) is 3.04. The Labute approximate surface area is 137 Å². The average Bonchev–Trinajstić information content (AvgIpc) is 3.05. The van der Waals surface area contributed by atoms with Crippen molar-refractivity contribution in [3.05, 3.63) is 63.6 Å². The standard InChI is InChI=1S/C16H16N2O6/c1-10-13(6-3-7-14(10)18(21)22)16(20)24-11(2)15(19)17-9-12-5-4-8-23-12/h3-8,11H,9H2,1-2H3,(H,17,19)/t11-/m1/s1. The van der Waals surface area contributed by atoms with E-state index in [1.807, 2.05) is 0 Å². The zero-order chi connectivity index (χ0) is 17.7. The minimum absolute atomic E-state index is 0.0508. The number of hydrogen-bond acceptors (Lipinski definition) is 6. The van der Waals surface area contributed by atoms with Gasteiger partial charge in [0.05, 0.1) is 23.3 Å². The number of esters is 1. The first kappa shape index (κ1) is 17.2. The van der Waals surface area contributed by atoms with Crippen molar-refractivity contribution in [2.75, 3.05) is 0 Å². The van der Waals surface area contributed by atoms with Gasteiger partial charge < -0.3 is 14.5 Å². The molecule has 0 spiro atoms. The fourth-order valence-electron chi connectivity index (χ4n) is 2.05. The van der Waals surface area contributed by atoms with Crippen LogP contribution in [0, 0.1) is 17.0 Å². The predicted octanol–water partition coefficient (Wildman–Crippen LogP) is 2.36. The van der Waals surface area contributed by atoms with E-state index in [0.29, 0.717) is 5.76 Å². The van der Waals surface area contributed by atoms with Crippen molar-refractivity contribution in [1.29, 1.82) is 0 Å². The SMILES string of the molecule is Cc1c(C(=O)O[C@H](C)C(=O)NCc2ccco2)cccc1[N+](=O)[O-]. The first-order valence-electron chi connectivity index (χ1n) is 7.15. The third kappa shape index (κ3) is 3.97. The van der Waals surface area contributed by atoms with E-state index in [2.05, 4.69) is 5.32 Å². The Kier molecular flexibility index (Phi) is 5.31. The number of rotatable bonds is 6. The van der Waals surface area contributed by atoms with Gasteiger partial charge in [0.2, 0.25) is 0 Å². The summed E-state index contributed by atoms with van der Waals surface area (Å²) in [5.41, 5.74) is 0.0601. The molecule has 1 aromatic heterocycles. The van der Waals surface area contributed by atoms with Crippen LogP contribution in [0.5, 0.6) is 0 Å². The van der Waals surface area contributed by atoms with Crippen molar-refractivity contribution in [2.45, 2.75) is 26.5 Å². The Morgan fingerprint density at radius 2 is 2.08 bits per heavy atom. The Balaban J connectivity index is 1.99. The van der Waals surface area contributed by atoms with Crippen molar-refractivity contribution in [2.24, 2.45) is 0 Å². The fraction of sp³-hybridized carbons (Fsp3) is 0.250. The maximum absolute atomic E-state index is 12.1. The summed E-state index contributed by atoms with van der Waals surface area (Å²) < 4.78 is 10.2. The Bertz CT molecular complexity index is 754. The number of nitro groups is 1. The summed E-state index contributed by atoms with van der Waals surface area (Å²) >= 11 is 0. The molecule has 0 aliphatic heterocycles. The molecule has 2 aromatic rings. The number of carbonyl (C=O) groups excluding carboxylic acids is 2. The van der Waals surface area contributed by atoms with E-state index in [4.69, 9.17) is 9.15 Å². The van der Waals surface area contributed by atoms with E-state index in [-0.39, 0.29) is 23.4 Å². The van der Waals surface area contributed by atoms with Crippen LogP contribution < -0.4 is 5.32 Å². The van der Waals surface area contributed by atoms with Gasteiger partial charge >= 0.3 is 5.97 Å². The van der Waals surface area contributed by atoms with Crippen LogP contribution in [-0.2, 0) is 16.1 Å². The monoisotopic (exact) mass is 332 g/mol. The van der Waals surface area contributed by atoms with Crippen LogP contribution in [0.2, 0.25) is 0 Å². The minimum Gasteiger partial charge on any atom is -0.467 e. The van der Waals surface area contributed by atoms with Gasteiger partial charge in [-0.25, -0.2) is 4.79 Å². The van der Waals surface area contributed by atoms with E-state index in [9.17, 15) is 19.7 Å². The van der Waals surface area contributed by atoms with Crippen molar-refractivity contribution >= 4 is 17.6 Å². The van der Waals surface area contributed by atoms with Gasteiger partial charge in [0.25, 0.3) is 11.6 Å². The van der Waals surface area contributed by atoms with Crippen molar-refractivity contribution in [1.82, 2.24) is 5.32 Å². The summed E-state index contributed by atoms with van der Waals surface area (Å²) in [5, 5.41) is 13.5. The molecule has 0 radical (unpaired) electrons. The zero-order valence-corrected chi connectivity index (χ0v) is 13.1. The lowest BCUT2D eigenvalue weighted by Gasteiger charge is -2.14. The highest BCUT2D eigenvalue weighted by atomic mass is 16.6. The third-order valence-electron chi connectivity index (χ3n) is 3.39. The third-order valence-corrected chi connectivity index (χ3v) is 3.39. The molecule has 0 fully saturated rings. The van der Waals surface area contributed by atoms with E-state index >= 15 is 0 Å². The lowest BCUT2D eigenvalue weighted by Crippen LogP contribution is -2.35. The van der Waals surface area contributed by atoms with Crippen molar-refractivity contribution in [3.63, 3.8) is 0 Å². The topological polar surface area (TPSA) is 112 Å². The van der Waals surface area contributed by atoms with E-state index in [0.717, 1.165) is 0 Å². The predicted molar refractivity (Wildman–Crippen MR) is 83.3 cm³/mol. The van der Waals surface area contributed by atoms with Crippen molar-refractivity contribution in [3.8, 4) is 0 Å². The number of hydrogen-bond donors (Lipinski definition) is 1. The minimum atomic E-state index is -1.05. The summed E-state index contributed by atoms with van der Waals surface area (Å²) in [6.07, 6.45) is 0.432. The maximum Gasteiger partial charge on any atom is 0.339 e. The quantitative estimate of drug-likeness (QED) is 0.494. The second-order valence-corrected chi connectivity index (χ2v) is 5.05. The van der Waals surface area contributed by atoms with Crippen LogP contribution in [0.15, 0.2) is 41.0 Å². The van der Waals surface area contributed by atoms with Crippen LogP contribution >= 0.6 is 0 Å². The van der Waals surface area contributed by atoms with Gasteiger partial charge in [-0.05, 0) is 32.0 Å². The second kappa shape index (κ2) is 7.40. The molecule has 0 bridgehead atoms. The van der Waals surface area contributed by atoms with Crippen LogP contribution in [-0.4, -0.2) is 22.9 Å². The van der Waals surface area contributed by atoms with E-state index in [1.54, 1.807) is 12.1 Å². The molecule has 0 unspecified atom stereocenters. The zero-order valence-electron chi connectivity index (χ0n) is 13.1. The molecule has 1 heterocycles. The van der Waals surface area contributed by atoms with Gasteiger partial charge in [0, 0.05) is 11.6 Å². The molecule has 2 rings (SSSR count). The second-order valence-electron chi connectivity index (χ2n) is 5.05. The molecular weight excluding hydrogens is 316 g/mol. The highest BCUT2D eigenvalue weighted by Crippen LogP contribution is 2.22. The lowest BCUT2D eigenvalue weighted by molar-refractivity contribution is -0.385. The molecule has 0 saturated heterocycles. The number of ether oxygens (including phenoxy) is 1. The lowest BCUT2D eigenvalue weighted by atomic mass is 10.1. The largest absolute Gasteiger partial charge is 0.467 e. The highest BCUT2D eigenvalue weighted by Gasteiger charge is 2.23. The normalized spacial score (nSPS) is 11.6. The molecule has 8 heteroatoms. The molecule has 8 nitrogen and oxygen atoms in total. The van der Waals surface area contributed by atoms with Gasteiger partial charge in [-0.2, -0.15) is 0 Å². The first-order chi connectivity index (χ1) is 11.4. The van der Waals surface area contributed by atoms with Gasteiger partial charge in [0.15, 0.2) is 6.10 Å². The van der Waals surface area contributed by atoms with Gasteiger partial charge in [-0.1, -0.05) is 6.07 Å². The smallest absolute Gasteiger partial charge is 0.339 e. The molecule has 1 atom stereocenters. The molecule has 1 N–H and O–H groups in total. The Morgan fingerprint density at radius 3 is 2.71 bits per heavy atom. The molecule has 0 saturated carbocycles. The molecule has 1 aromatic carbocycles. The Hall–Kier alpha value is -3.16. The summed E-state index contributed by atoms with van der Waals surface area (Å²) in [4.78, 5) is 34.4. The Morgan fingerprint density at radius 1 is 1.33 bits per heavy atom. The average molecular weight is 332 g/mol. The maximum atomic E-state index is 12.1. The summed E-state index contributed by atoms with van der Waals surface area (Å²) in [5.74, 6) is -0.726. The van der Waals surface area contributed by atoms with Crippen LogP contribution in [0.1, 0.15) is 28.6 Å². The van der Waals surface area contributed by atoms with E-state index in [1.165, 1.54) is 38.3 Å². The number of nitrogens with zero attached hydrogens (tertiary/aromatic N) is 1. The van der Waals surface area contributed by atoms with Gasteiger partial charge in [0.1, 0.15) is 5.76 Å². The number of furan rings is 1. The number of amides is 1. The molecule has 1 amide bonds. The fourth-order valence-corrected chi connectivity index (χ4v) is 2.05. The van der Waals surface area contributed by atoms with Gasteiger partial charge in [-0.15, -0.1) is 0 Å². The first-order valence-corrected chi connectivity index (χ1v) is 7.15. The number of nitro benzene ring substituents is 1. The molecular formula is C16H16N2O6. The van der Waals surface area contributed by atoms with Gasteiger partial charge in [-0.3, -0.25) is 14.9 Å². The van der Waals surface area contributed by atoms with Crippen molar-refractivity contribution < 1.29 is 23.7 Å². The molecule has 0 aliphatic rings. The summed E-state index contributed by atoms with van der Waals surface area (Å²) in [6, 6.07) is 7.49. The van der Waals surface area contributed by atoms with Crippen LogP contribution in [0.25, 0.3) is 0 Å². The summed E-state index contributed by atoms with van der Waals surface area (Å²) in [7, 11) is 0. The molecule has 0 aliphatic carbocycles. The van der Waals surface area contributed by atoms with Crippen LogP contribution in [0.4, 0.5) is 5.69 Å². The van der Waals surface area contributed by atoms with Crippen LogP contribution in [0.3, 0.4) is 0 Å². The highest BCUT2D eigenvalue weighted by molar-refractivity contribution is 5.94.